The standard InChI is InChI=1S/C32H32N6O2/c33-30-29-28(25-12-7-13-27(16-25)40-20-23-10-5-2-6-11-23)19-38(31(29)37-21-36-30)26-14-24(15-26)18-35-32(39)34-17-22-8-3-1-4-9-22/h1-13,16,19,21,24,26H,14-15,17-18,20H2,(H2,33,36,37)(H2,34,35,39). The molecule has 1 fully saturated rings. The molecule has 5 aromatic rings. The van der Waals surface area contributed by atoms with Gasteiger partial charge in [-0.25, -0.2) is 14.8 Å². The van der Waals surface area contributed by atoms with Crippen molar-refractivity contribution in [3.05, 3.63) is 109 Å². The summed E-state index contributed by atoms with van der Waals surface area (Å²) in [7, 11) is 0. The number of hydrogen-bond acceptors (Lipinski definition) is 5. The van der Waals surface area contributed by atoms with Gasteiger partial charge in [-0.05, 0) is 47.6 Å². The molecule has 40 heavy (non-hydrogen) atoms. The number of nitrogen functional groups attached to an aromatic ring is 1. The number of hydrogen-bond donors (Lipinski definition) is 3. The van der Waals surface area contributed by atoms with Gasteiger partial charge in [-0.1, -0.05) is 72.8 Å². The van der Waals surface area contributed by atoms with Crippen LogP contribution in [0, 0.1) is 5.92 Å². The van der Waals surface area contributed by atoms with Crippen LogP contribution in [0.2, 0.25) is 0 Å². The average Bonchev–Trinajstić information content (AvgIpc) is 3.36. The highest BCUT2D eigenvalue weighted by molar-refractivity contribution is 6.00. The number of carbonyl (C=O) groups is 1. The lowest BCUT2D eigenvalue weighted by molar-refractivity contribution is 0.192. The van der Waals surface area contributed by atoms with E-state index in [2.05, 4.69) is 37.4 Å². The first kappa shape index (κ1) is 25.4. The van der Waals surface area contributed by atoms with Crippen molar-refractivity contribution in [2.75, 3.05) is 12.3 Å². The summed E-state index contributed by atoms with van der Waals surface area (Å²) in [5.41, 5.74) is 11.4. The van der Waals surface area contributed by atoms with Crippen molar-refractivity contribution in [3.63, 3.8) is 0 Å². The Balaban J connectivity index is 1.12. The van der Waals surface area contributed by atoms with E-state index >= 15 is 0 Å². The molecule has 6 rings (SSSR count). The fraction of sp³-hybridized carbons (Fsp3) is 0.219. The van der Waals surface area contributed by atoms with Crippen LogP contribution in [-0.4, -0.2) is 27.1 Å². The predicted octanol–water partition coefficient (Wildman–Crippen LogP) is 5.71. The quantitative estimate of drug-likeness (QED) is 0.225. The van der Waals surface area contributed by atoms with Crippen LogP contribution in [0.3, 0.4) is 0 Å². The highest BCUT2D eigenvalue weighted by Crippen LogP contribution is 2.43. The molecule has 0 spiro atoms. The zero-order valence-electron chi connectivity index (χ0n) is 22.2. The lowest BCUT2D eigenvalue weighted by atomic mass is 9.80. The van der Waals surface area contributed by atoms with Gasteiger partial charge in [0.15, 0.2) is 0 Å². The van der Waals surface area contributed by atoms with Crippen LogP contribution in [-0.2, 0) is 13.2 Å². The number of urea groups is 1. The Morgan fingerprint density at radius 3 is 2.45 bits per heavy atom. The summed E-state index contributed by atoms with van der Waals surface area (Å²) in [5, 5.41) is 6.79. The van der Waals surface area contributed by atoms with E-state index in [1.165, 1.54) is 6.33 Å². The molecule has 0 unspecified atom stereocenters. The summed E-state index contributed by atoms with van der Waals surface area (Å²) in [6.07, 6.45) is 5.55. The number of benzene rings is 3. The van der Waals surface area contributed by atoms with Crippen LogP contribution in [0.1, 0.15) is 30.0 Å². The molecule has 0 saturated heterocycles. The molecule has 0 radical (unpaired) electrons. The first-order chi connectivity index (χ1) is 19.6. The fourth-order valence-corrected chi connectivity index (χ4v) is 5.27. The molecule has 1 aliphatic rings. The number of nitrogens with one attached hydrogen (secondary N) is 2. The number of nitrogens with zero attached hydrogens (tertiary/aromatic N) is 3. The van der Waals surface area contributed by atoms with Crippen LogP contribution < -0.4 is 21.1 Å². The molecule has 1 aliphatic carbocycles. The van der Waals surface area contributed by atoms with Gasteiger partial charge in [0.25, 0.3) is 0 Å². The Bertz CT molecular complexity index is 1600. The van der Waals surface area contributed by atoms with E-state index in [-0.39, 0.29) is 12.1 Å². The summed E-state index contributed by atoms with van der Waals surface area (Å²) < 4.78 is 8.29. The van der Waals surface area contributed by atoms with Gasteiger partial charge >= 0.3 is 6.03 Å². The van der Waals surface area contributed by atoms with Gasteiger partial charge in [-0.2, -0.15) is 0 Å². The fourth-order valence-electron chi connectivity index (χ4n) is 5.27. The molecule has 0 atom stereocenters. The van der Waals surface area contributed by atoms with Gasteiger partial charge in [0.05, 0.1) is 5.39 Å². The molecular formula is C32H32N6O2. The highest BCUT2D eigenvalue weighted by atomic mass is 16.5. The summed E-state index contributed by atoms with van der Waals surface area (Å²) in [5.74, 6) is 1.65. The second kappa shape index (κ2) is 11.5. The maximum absolute atomic E-state index is 12.3. The molecule has 2 aromatic heterocycles. The number of carbonyl (C=O) groups excluding carboxylic acids is 1. The van der Waals surface area contributed by atoms with E-state index in [9.17, 15) is 4.79 Å². The molecule has 0 aliphatic heterocycles. The SMILES string of the molecule is Nc1ncnc2c1c(-c1cccc(OCc3ccccc3)c1)cn2C1CC(CNC(=O)NCc2ccccc2)C1. The van der Waals surface area contributed by atoms with E-state index in [4.69, 9.17) is 10.5 Å². The third kappa shape index (κ3) is 5.61. The van der Waals surface area contributed by atoms with Gasteiger partial charge in [-0.3, -0.25) is 0 Å². The molecule has 3 aromatic carbocycles. The minimum absolute atomic E-state index is 0.143. The highest BCUT2D eigenvalue weighted by Gasteiger charge is 2.32. The molecule has 8 nitrogen and oxygen atoms in total. The maximum Gasteiger partial charge on any atom is 0.315 e. The number of ether oxygens (including phenoxy) is 1. The van der Waals surface area contributed by atoms with Gasteiger partial charge in [0.1, 0.15) is 30.1 Å². The van der Waals surface area contributed by atoms with Crippen molar-refractivity contribution in [2.24, 2.45) is 5.92 Å². The molecule has 0 bridgehead atoms. The largest absolute Gasteiger partial charge is 0.489 e. The minimum atomic E-state index is -0.143. The first-order valence-electron chi connectivity index (χ1n) is 13.6. The molecule has 2 heterocycles. The van der Waals surface area contributed by atoms with Crippen molar-refractivity contribution in [1.82, 2.24) is 25.2 Å². The number of nitrogens with two attached hydrogens (primary N) is 1. The number of fused-ring (bicyclic) bond motifs is 1. The Morgan fingerprint density at radius 1 is 0.925 bits per heavy atom. The first-order valence-corrected chi connectivity index (χ1v) is 13.6. The predicted molar refractivity (Wildman–Crippen MR) is 157 cm³/mol. The van der Waals surface area contributed by atoms with E-state index in [0.29, 0.717) is 31.4 Å². The van der Waals surface area contributed by atoms with Crippen LogP contribution in [0.15, 0.2) is 97.5 Å². The third-order valence-corrected chi connectivity index (χ3v) is 7.48. The summed E-state index contributed by atoms with van der Waals surface area (Å²) >= 11 is 0. The monoisotopic (exact) mass is 532 g/mol. The zero-order chi connectivity index (χ0) is 27.3. The summed E-state index contributed by atoms with van der Waals surface area (Å²) in [6, 6.07) is 28.2. The van der Waals surface area contributed by atoms with Crippen molar-refractivity contribution in [1.29, 1.82) is 0 Å². The van der Waals surface area contributed by atoms with Crippen LogP contribution in [0.5, 0.6) is 5.75 Å². The maximum atomic E-state index is 12.3. The van der Waals surface area contributed by atoms with Crippen LogP contribution in [0.4, 0.5) is 10.6 Å². The second-order valence-electron chi connectivity index (χ2n) is 10.3. The molecule has 2 amide bonds. The number of aromatic nitrogens is 3. The lowest BCUT2D eigenvalue weighted by Gasteiger charge is -2.36. The molecule has 4 N–H and O–H groups in total. The van der Waals surface area contributed by atoms with Crippen LogP contribution in [0.25, 0.3) is 22.2 Å². The van der Waals surface area contributed by atoms with Crippen molar-refractivity contribution < 1.29 is 9.53 Å². The van der Waals surface area contributed by atoms with Gasteiger partial charge in [-0.15, -0.1) is 0 Å². The molecular weight excluding hydrogens is 500 g/mol. The van der Waals surface area contributed by atoms with E-state index in [0.717, 1.165) is 51.9 Å². The molecule has 202 valence electrons. The smallest absolute Gasteiger partial charge is 0.315 e. The number of amides is 2. The van der Waals surface area contributed by atoms with Gasteiger partial charge in [0, 0.05) is 30.9 Å². The third-order valence-electron chi connectivity index (χ3n) is 7.48. The summed E-state index contributed by atoms with van der Waals surface area (Å²) in [4.78, 5) is 21.2. The summed E-state index contributed by atoms with van der Waals surface area (Å²) in [6.45, 7) is 1.65. The normalized spacial score (nSPS) is 16.3. The molecule has 8 heteroatoms. The minimum Gasteiger partial charge on any atom is -0.489 e. The Labute approximate surface area is 233 Å². The second-order valence-corrected chi connectivity index (χ2v) is 10.3. The topological polar surface area (TPSA) is 107 Å². The van der Waals surface area contributed by atoms with Gasteiger partial charge < -0.3 is 25.7 Å². The van der Waals surface area contributed by atoms with Crippen LogP contribution >= 0.6 is 0 Å². The number of anilines is 1. The Kier molecular flexibility index (Phi) is 7.30. The van der Waals surface area contributed by atoms with Crippen molar-refractivity contribution in [3.8, 4) is 16.9 Å². The zero-order valence-corrected chi connectivity index (χ0v) is 22.2. The number of rotatable bonds is 9. The lowest BCUT2D eigenvalue weighted by Crippen LogP contribution is -2.41. The van der Waals surface area contributed by atoms with Crippen molar-refractivity contribution >= 4 is 22.9 Å². The van der Waals surface area contributed by atoms with Gasteiger partial charge in [0.2, 0.25) is 0 Å². The average molecular weight is 533 g/mol. The Morgan fingerprint density at radius 2 is 1.68 bits per heavy atom. The van der Waals surface area contributed by atoms with E-state index in [1.54, 1.807) is 0 Å². The van der Waals surface area contributed by atoms with E-state index < -0.39 is 0 Å². The Hall–Kier alpha value is -4.85. The van der Waals surface area contributed by atoms with Crippen molar-refractivity contribution in [2.45, 2.75) is 32.0 Å². The molecule has 1 saturated carbocycles. The van der Waals surface area contributed by atoms with E-state index in [1.807, 2.05) is 78.9 Å².